The Labute approximate surface area is 268 Å². The second kappa shape index (κ2) is 21.7. The molecule has 0 aromatic heterocycles. The summed E-state index contributed by atoms with van der Waals surface area (Å²) in [7, 11) is 0. The minimum absolute atomic E-state index is 0.0519. The molecule has 0 amide bonds. The van der Waals surface area contributed by atoms with Crippen molar-refractivity contribution in [2.75, 3.05) is 0 Å². The van der Waals surface area contributed by atoms with Crippen LogP contribution in [-0.4, -0.2) is 70.1 Å². The number of esters is 1. The molecular weight excluding hydrogens is 556 g/mol. The van der Waals surface area contributed by atoms with Crippen molar-refractivity contribution in [3.05, 3.63) is 11.6 Å². The SMILES string of the molecule is CCCCCCCCCC[C@@H](O)[C@@H]1CC[C@@H]([C@@H]2CC[C@@H]([C@@H](O)CCCCCCCCCC[C@@H](O)CC3=C[C@H](C)OC3=O)O2)O1. The summed E-state index contributed by atoms with van der Waals surface area (Å²) < 4.78 is 17.7. The Kier molecular flexibility index (Phi) is 18.5. The van der Waals surface area contributed by atoms with Gasteiger partial charge >= 0.3 is 5.97 Å². The molecule has 3 aliphatic heterocycles. The average molecular weight is 623 g/mol. The number of unbranched alkanes of at least 4 members (excludes halogenated alkanes) is 14. The zero-order valence-electron chi connectivity index (χ0n) is 28.1. The molecule has 0 radical (unpaired) electrons. The molecule has 2 saturated heterocycles. The molecule has 3 N–H and O–H groups in total. The topological polar surface area (TPSA) is 105 Å². The van der Waals surface area contributed by atoms with Gasteiger partial charge in [0.05, 0.1) is 42.7 Å². The van der Waals surface area contributed by atoms with E-state index >= 15 is 0 Å². The number of hydrogen-bond acceptors (Lipinski definition) is 7. The molecule has 8 atom stereocenters. The van der Waals surface area contributed by atoms with Crippen molar-refractivity contribution in [1.29, 1.82) is 0 Å². The first kappa shape index (κ1) is 37.5. The molecule has 3 heterocycles. The van der Waals surface area contributed by atoms with E-state index in [0.717, 1.165) is 77.0 Å². The fourth-order valence-electron chi connectivity index (χ4n) is 7.28. The number of aliphatic hydroxyl groups excluding tert-OH is 3. The highest BCUT2D eigenvalue weighted by Gasteiger charge is 2.40. The van der Waals surface area contributed by atoms with E-state index in [2.05, 4.69) is 6.92 Å². The van der Waals surface area contributed by atoms with Gasteiger partial charge in [-0.15, -0.1) is 0 Å². The van der Waals surface area contributed by atoms with Gasteiger partial charge in [-0.1, -0.05) is 110 Å². The van der Waals surface area contributed by atoms with Crippen LogP contribution in [0, 0.1) is 0 Å². The highest BCUT2D eigenvalue weighted by Crippen LogP contribution is 2.34. The molecule has 0 unspecified atom stereocenters. The van der Waals surface area contributed by atoms with Crippen molar-refractivity contribution >= 4 is 5.97 Å². The lowest BCUT2D eigenvalue weighted by Crippen LogP contribution is -2.33. The molecule has 0 bridgehead atoms. The first-order chi connectivity index (χ1) is 21.4. The molecule has 0 aromatic rings. The van der Waals surface area contributed by atoms with Crippen LogP contribution in [-0.2, 0) is 19.0 Å². The largest absolute Gasteiger partial charge is 0.455 e. The fourth-order valence-corrected chi connectivity index (χ4v) is 7.28. The van der Waals surface area contributed by atoms with Crippen LogP contribution in [0.4, 0.5) is 0 Å². The van der Waals surface area contributed by atoms with Crippen molar-refractivity contribution in [3.63, 3.8) is 0 Å². The second-order valence-corrected chi connectivity index (χ2v) is 14.0. The summed E-state index contributed by atoms with van der Waals surface area (Å²) in [6.45, 7) is 4.09. The maximum absolute atomic E-state index is 11.7. The Bertz CT molecular complexity index is 801. The van der Waals surface area contributed by atoms with Crippen LogP contribution in [0.3, 0.4) is 0 Å². The Morgan fingerprint density at radius 2 is 1.09 bits per heavy atom. The van der Waals surface area contributed by atoms with Gasteiger partial charge in [-0.05, 0) is 57.9 Å². The number of hydrogen-bond donors (Lipinski definition) is 3. The summed E-state index contributed by atoms with van der Waals surface area (Å²) in [5.74, 6) is -0.281. The zero-order chi connectivity index (χ0) is 31.6. The number of aliphatic hydroxyl groups is 3. The number of rotatable bonds is 25. The van der Waals surface area contributed by atoms with Gasteiger partial charge in [0.1, 0.15) is 6.10 Å². The Balaban J connectivity index is 1.13. The molecule has 7 heteroatoms. The Hall–Kier alpha value is -0.990. The van der Waals surface area contributed by atoms with Crippen molar-refractivity contribution in [1.82, 2.24) is 0 Å². The van der Waals surface area contributed by atoms with Gasteiger partial charge in [-0.3, -0.25) is 0 Å². The number of ether oxygens (including phenoxy) is 3. The fraction of sp³-hybridized carbons (Fsp3) is 0.919. The third kappa shape index (κ3) is 14.2. The molecule has 2 fully saturated rings. The van der Waals surface area contributed by atoms with E-state index in [1.165, 1.54) is 70.6 Å². The van der Waals surface area contributed by atoms with E-state index in [9.17, 15) is 20.1 Å². The lowest BCUT2D eigenvalue weighted by Gasteiger charge is -2.24. The first-order valence-corrected chi connectivity index (χ1v) is 18.6. The van der Waals surface area contributed by atoms with Crippen molar-refractivity contribution in [2.45, 2.75) is 217 Å². The summed E-state index contributed by atoms with van der Waals surface area (Å²) >= 11 is 0. The van der Waals surface area contributed by atoms with Crippen LogP contribution in [0.5, 0.6) is 0 Å². The number of carbonyl (C=O) groups is 1. The van der Waals surface area contributed by atoms with Crippen molar-refractivity contribution in [2.24, 2.45) is 0 Å². The zero-order valence-corrected chi connectivity index (χ0v) is 28.1. The third-order valence-corrected chi connectivity index (χ3v) is 10.0. The predicted octanol–water partition coefficient (Wildman–Crippen LogP) is 7.86. The van der Waals surface area contributed by atoms with E-state index in [1.54, 1.807) is 0 Å². The van der Waals surface area contributed by atoms with Crippen LogP contribution >= 0.6 is 0 Å². The summed E-state index contributed by atoms with van der Waals surface area (Å²) in [6.07, 6.45) is 26.1. The molecule has 0 aromatic carbocycles. The Morgan fingerprint density at radius 1 is 0.659 bits per heavy atom. The smallest absolute Gasteiger partial charge is 0.334 e. The number of cyclic esters (lactones) is 1. The maximum Gasteiger partial charge on any atom is 0.334 e. The molecule has 0 spiro atoms. The van der Waals surface area contributed by atoms with E-state index in [0.29, 0.717) is 12.0 Å². The molecular formula is C37H66O7. The van der Waals surface area contributed by atoms with Crippen LogP contribution in [0.25, 0.3) is 0 Å². The summed E-state index contributed by atoms with van der Waals surface area (Å²) in [5, 5.41) is 31.6. The average Bonchev–Trinajstić information content (AvgIpc) is 3.75. The second-order valence-electron chi connectivity index (χ2n) is 14.0. The van der Waals surface area contributed by atoms with E-state index in [-0.39, 0.29) is 42.6 Å². The van der Waals surface area contributed by atoms with Gasteiger partial charge in [0.15, 0.2) is 0 Å². The van der Waals surface area contributed by atoms with Crippen LogP contribution in [0.1, 0.15) is 168 Å². The van der Waals surface area contributed by atoms with E-state index in [4.69, 9.17) is 14.2 Å². The highest BCUT2D eigenvalue weighted by molar-refractivity contribution is 5.90. The third-order valence-electron chi connectivity index (χ3n) is 10.0. The van der Waals surface area contributed by atoms with Crippen LogP contribution in [0.15, 0.2) is 11.6 Å². The monoisotopic (exact) mass is 622 g/mol. The maximum atomic E-state index is 11.7. The van der Waals surface area contributed by atoms with Gasteiger partial charge in [-0.25, -0.2) is 4.79 Å². The molecule has 256 valence electrons. The van der Waals surface area contributed by atoms with Crippen molar-refractivity contribution < 1.29 is 34.3 Å². The quantitative estimate of drug-likeness (QED) is 0.0703. The molecule has 0 saturated carbocycles. The van der Waals surface area contributed by atoms with Gasteiger partial charge in [0.2, 0.25) is 0 Å². The van der Waals surface area contributed by atoms with E-state index in [1.807, 2.05) is 13.0 Å². The molecule has 7 nitrogen and oxygen atoms in total. The van der Waals surface area contributed by atoms with Crippen molar-refractivity contribution in [3.8, 4) is 0 Å². The van der Waals surface area contributed by atoms with Gasteiger partial charge in [0, 0.05) is 12.0 Å². The standard InChI is InChI=1S/C37H66O7/c1-3-4-5-6-7-11-14-17-20-31(39)33-22-24-35(43-33)36-25-23-34(44-36)32(40)21-18-15-12-9-8-10-13-16-19-30(38)27-29-26-28(2)42-37(29)41/h26,28,30-36,38-40H,3-25,27H2,1-2H3/t28-,30+,31+,32-,33-,34-,35-,36-/m0/s1. The molecule has 3 rings (SSSR count). The summed E-state index contributed by atoms with van der Waals surface area (Å²) in [6, 6.07) is 0. The van der Waals surface area contributed by atoms with Gasteiger partial charge < -0.3 is 29.5 Å². The highest BCUT2D eigenvalue weighted by atomic mass is 16.6. The predicted molar refractivity (Wildman–Crippen MR) is 175 cm³/mol. The summed E-state index contributed by atoms with van der Waals surface area (Å²) in [5.41, 5.74) is 0.617. The molecule has 3 aliphatic rings. The summed E-state index contributed by atoms with van der Waals surface area (Å²) in [4.78, 5) is 11.7. The molecule has 44 heavy (non-hydrogen) atoms. The Morgan fingerprint density at radius 3 is 1.52 bits per heavy atom. The van der Waals surface area contributed by atoms with Gasteiger partial charge in [-0.2, -0.15) is 0 Å². The first-order valence-electron chi connectivity index (χ1n) is 18.6. The lowest BCUT2D eigenvalue weighted by atomic mass is 10.00. The minimum Gasteiger partial charge on any atom is -0.455 e. The van der Waals surface area contributed by atoms with E-state index < -0.39 is 12.2 Å². The minimum atomic E-state index is -0.463. The number of carbonyl (C=O) groups excluding carboxylic acids is 1. The normalized spacial score (nSPS) is 27.4. The van der Waals surface area contributed by atoms with Gasteiger partial charge in [0.25, 0.3) is 0 Å². The molecule has 0 aliphatic carbocycles. The lowest BCUT2D eigenvalue weighted by molar-refractivity contribution is -0.139. The van der Waals surface area contributed by atoms with Crippen LogP contribution < -0.4 is 0 Å². The van der Waals surface area contributed by atoms with Crippen LogP contribution in [0.2, 0.25) is 0 Å².